The molecule has 0 spiro atoms. The largest absolute Gasteiger partial charge is 0.358 e. The first kappa shape index (κ1) is 18.3. The summed E-state index contributed by atoms with van der Waals surface area (Å²) in [6, 6.07) is 11.4. The van der Waals surface area contributed by atoms with E-state index in [1.807, 2.05) is 6.92 Å². The Labute approximate surface area is 147 Å². The van der Waals surface area contributed by atoms with Crippen LogP contribution >= 0.6 is 11.6 Å². The first-order chi connectivity index (χ1) is 11.3. The van der Waals surface area contributed by atoms with Crippen molar-refractivity contribution in [2.75, 3.05) is 17.9 Å². The average molecular weight is 367 g/mol. The van der Waals surface area contributed by atoms with Crippen LogP contribution < -0.4 is 9.62 Å². The van der Waals surface area contributed by atoms with Gasteiger partial charge in [-0.2, -0.15) is 0 Å². The minimum absolute atomic E-state index is 0.131. The van der Waals surface area contributed by atoms with E-state index < -0.39 is 15.9 Å². The molecule has 5 nitrogen and oxygen atoms in total. The van der Waals surface area contributed by atoms with Gasteiger partial charge in [-0.1, -0.05) is 29.3 Å². The molecule has 2 aromatic carbocycles. The first-order valence-electron chi connectivity index (χ1n) is 7.32. The van der Waals surface area contributed by atoms with Crippen molar-refractivity contribution in [3.05, 3.63) is 58.6 Å². The third kappa shape index (κ3) is 3.88. The lowest BCUT2D eigenvalue weighted by Gasteiger charge is -2.25. The molecular weight excluding hydrogens is 348 g/mol. The third-order valence-corrected chi connectivity index (χ3v) is 5.61. The second-order valence-electron chi connectivity index (χ2n) is 5.43. The monoisotopic (exact) mass is 366 g/mol. The van der Waals surface area contributed by atoms with Crippen molar-refractivity contribution in [3.63, 3.8) is 0 Å². The van der Waals surface area contributed by atoms with Gasteiger partial charge in [0.25, 0.3) is 10.0 Å². The van der Waals surface area contributed by atoms with Gasteiger partial charge in [-0.15, -0.1) is 0 Å². The molecule has 0 radical (unpaired) electrons. The van der Waals surface area contributed by atoms with Crippen molar-refractivity contribution in [3.8, 4) is 0 Å². The zero-order valence-electron chi connectivity index (χ0n) is 13.7. The van der Waals surface area contributed by atoms with Gasteiger partial charge in [0.15, 0.2) is 0 Å². The Bertz CT molecular complexity index is 849. The average Bonchev–Trinajstić information content (AvgIpc) is 2.53. The van der Waals surface area contributed by atoms with Crippen molar-refractivity contribution in [1.29, 1.82) is 0 Å². The highest BCUT2D eigenvalue weighted by Crippen LogP contribution is 2.28. The number of carbonyl (C=O) groups excluding carboxylic acids is 1. The molecule has 0 bridgehead atoms. The second kappa shape index (κ2) is 7.23. The zero-order valence-corrected chi connectivity index (χ0v) is 15.3. The van der Waals surface area contributed by atoms with Crippen LogP contribution in [0.15, 0.2) is 47.4 Å². The van der Waals surface area contributed by atoms with Gasteiger partial charge in [-0.05, 0) is 49.7 Å². The standard InChI is InChI=1S/C17H19ClN2O3S/c1-12-4-7-15(8-5-12)24(22,23)20(11-17(21)19-3)16-9-6-14(18)10-13(16)2/h4-10H,11H2,1-3H3,(H,19,21). The van der Waals surface area contributed by atoms with E-state index in [1.54, 1.807) is 37.3 Å². The lowest BCUT2D eigenvalue weighted by molar-refractivity contribution is -0.119. The summed E-state index contributed by atoms with van der Waals surface area (Å²) in [6.07, 6.45) is 0. The van der Waals surface area contributed by atoms with E-state index in [1.165, 1.54) is 19.2 Å². The minimum atomic E-state index is -3.88. The van der Waals surface area contributed by atoms with E-state index in [4.69, 9.17) is 11.6 Å². The van der Waals surface area contributed by atoms with Crippen LogP contribution in [0.1, 0.15) is 11.1 Å². The van der Waals surface area contributed by atoms with Crippen molar-refractivity contribution in [2.24, 2.45) is 0 Å². The van der Waals surface area contributed by atoms with Crippen LogP contribution in [0.5, 0.6) is 0 Å². The van der Waals surface area contributed by atoms with Crippen molar-refractivity contribution < 1.29 is 13.2 Å². The van der Waals surface area contributed by atoms with Crippen LogP contribution in [-0.4, -0.2) is 27.9 Å². The third-order valence-electron chi connectivity index (χ3n) is 3.60. The molecule has 24 heavy (non-hydrogen) atoms. The van der Waals surface area contributed by atoms with Crippen LogP contribution in [0.4, 0.5) is 5.69 Å². The molecule has 0 atom stereocenters. The fourth-order valence-corrected chi connectivity index (χ4v) is 3.96. The highest BCUT2D eigenvalue weighted by atomic mass is 35.5. The number of rotatable bonds is 5. The predicted octanol–water partition coefficient (Wildman–Crippen LogP) is 2.90. The Kier molecular flexibility index (Phi) is 5.51. The zero-order chi connectivity index (χ0) is 17.9. The second-order valence-corrected chi connectivity index (χ2v) is 7.73. The van der Waals surface area contributed by atoms with Gasteiger partial charge in [0.05, 0.1) is 10.6 Å². The van der Waals surface area contributed by atoms with Gasteiger partial charge in [-0.3, -0.25) is 9.10 Å². The molecule has 0 fully saturated rings. The lowest BCUT2D eigenvalue weighted by Crippen LogP contribution is -2.40. The number of anilines is 1. The summed E-state index contributed by atoms with van der Waals surface area (Å²) < 4.78 is 27.2. The molecular formula is C17H19ClN2O3S. The predicted molar refractivity (Wildman–Crippen MR) is 96.0 cm³/mol. The number of carbonyl (C=O) groups is 1. The highest BCUT2D eigenvalue weighted by molar-refractivity contribution is 7.92. The molecule has 0 aliphatic carbocycles. The van der Waals surface area contributed by atoms with Gasteiger partial charge >= 0.3 is 0 Å². The maximum atomic E-state index is 13.0. The van der Waals surface area contributed by atoms with Crippen LogP contribution in [-0.2, 0) is 14.8 Å². The molecule has 1 N–H and O–H groups in total. The topological polar surface area (TPSA) is 66.5 Å². The quantitative estimate of drug-likeness (QED) is 0.884. The Balaban J connectivity index is 2.57. The summed E-state index contributed by atoms with van der Waals surface area (Å²) in [5, 5.41) is 2.96. The Morgan fingerprint density at radius 2 is 1.75 bits per heavy atom. The molecule has 0 unspecified atom stereocenters. The fraction of sp³-hybridized carbons (Fsp3) is 0.235. The fourth-order valence-electron chi connectivity index (χ4n) is 2.25. The maximum Gasteiger partial charge on any atom is 0.264 e. The number of likely N-dealkylation sites (N-methyl/N-ethyl adjacent to an activating group) is 1. The smallest absolute Gasteiger partial charge is 0.264 e. The van der Waals surface area contributed by atoms with Gasteiger partial charge in [-0.25, -0.2) is 8.42 Å². The first-order valence-corrected chi connectivity index (χ1v) is 9.13. The summed E-state index contributed by atoms with van der Waals surface area (Å²) in [5.41, 5.74) is 2.04. The number of hydrogen-bond donors (Lipinski definition) is 1. The summed E-state index contributed by atoms with van der Waals surface area (Å²) in [7, 11) is -2.42. The highest BCUT2D eigenvalue weighted by Gasteiger charge is 2.28. The van der Waals surface area contributed by atoms with Gasteiger partial charge in [0.2, 0.25) is 5.91 Å². The SMILES string of the molecule is CNC(=O)CN(c1ccc(Cl)cc1C)S(=O)(=O)c1ccc(C)cc1. The summed E-state index contributed by atoms with van der Waals surface area (Å²) >= 11 is 5.96. The molecule has 0 heterocycles. The molecule has 2 rings (SSSR count). The van der Waals surface area contributed by atoms with E-state index >= 15 is 0 Å². The van der Waals surface area contributed by atoms with Crippen LogP contribution in [0, 0.1) is 13.8 Å². The Hall–Kier alpha value is -2.05. The Morgan fingerprint density at radius 3 is 2.29 bits per heavy atom. The maximum absolute atomic E-state index is 13.0. The number of sulfonamides is 1. The molecule has 128 valence electrons. The van der Waals surface area contributed by atoms with Gasteiger partial charge < -0.3 is 5.32 Å². The normalized spacial score (nSPS) is 11.2. The number of amides is 1. The number of aryl methyl sites for hydroxylation is 2. The number of nitrogens with zero attached hydrogens (tertiary/aromatic N) is 1. The van der Waals surface area contributed by atoms with Crippen molar-refractivity contribution >= 4 is 33.2 Å². The summed E-state index contributed by atoms with van der Waals surface area (Å²) in [4.78, 5) is 12.0. The van der Waals surface area contributed by atoms with E-state index in [0.29, 0.717) is 16.3 Å². The molecule has 0 saturated heterocycles. The van der Waals surface area contributed by atoms with Crippen LogP contribution in [0.2, 0.25) is 5.02 Å². The van der Waals surface area contributed by atoms with Crippen LogP contribution in [0.25, 0.3) is 0 Å². The number of nitrogens with one attached hydrogen (secondary N) is 1. The Morgan fingerprint density at radius 1 is 1.12 bits per heavy atom. The molecule has 0 aromatic heterocycles. The van der Waals surface area contributed by atoms with Crippen LogP contribution in [0.3, 0.4) is 0 Å². The van der Waals surface area contributed by atoms with Crippen molar-refractivity contribution in [2.45, 2.75) is 18.7 Å². The van der Waals surface area contributed by atoms with Gasteiger partial charge in [0, 0.05) is 12.1 Å². The van der Waals surface area contributed by atoms with E-state index in [0.717, 1.165) is 9.87 Å². The lowest BCUT2D eigenvalue weighted by atomic mass is 10.2. The van der Waals surface area contributed by atoms with Crippen molar-refractivity contribution in [1.82, 2.24) is 5.32 Å². The summed E-state index contributed by atoms with van der Waals surface area (Å²) in [5.74, 6) is -0.403. The molecule has 0 saturated carbocycles. The summed E-state index contributed by atoms with van der Waals surface area (Å²) in [6.45, 7) is 3.32. The number of hydrogen-bond acceptors (Lipinski definition) is 3. The van der Waals surface area contributed by atoms with E-state index in [2.05, 4.69) is 5.32 Å². The molecule has 0 aliphatic heterocycles. The van der Waals surface area contributed by atoms with E-state index in [9.17, 15) is 13.2 Å². The molecule has 7 heteroatoms. The molecule has 0 aliphatic rings. The minimum Gasteiger partial charge on any atom is -0.358 e. The van der Waals surface area contributed by atoms with E-state index in [-0.39, 0.29) is 11.4 Å². The molecule has 2 aromatic rings. The number of benzene rings is 2. The molecule has 1 amide bonds. The van der Waals surface area contributed by atoms with Gasteiger partial charge in [0.1, 0.15) is 6.54 Å². The number of halogens is 1.